The number of likely N-dealkylation sites (tertiary alicyclic amines) is 1. The highest BCUT2D eigenvalue weighted by Crippen LogP contribution is 2.49. The standard InChI is InChI=1S/C21H28N2O/c1-2-3-4-7-13-22-16-12-21(17-22)20(23-14-8-9-15-23)18-10-5-6-11-19(18)24-21/h5-6,8-11,14-15,20H,2-4,7,12-13,16-17H2,1H3. The lowest BCUT2D eigenvalue weighted by Gasteiger charge is -2.32. The lowest BCUT2D eigenvalue weighted by Crippen LogP contribution is -2.43. The van der Waals surface area contributed by atoms with Crippen LogP contribution < -0.4 is 4.74 Å². The molecule has 128 valence electrons. The van der Waals surface area contributed by atoms with Crippen LogP contribution in [0.4, 0.5) is 0 Å². The third kappa shape index (κ3) is 2.75. The summed E-state index contributed by atoms with van der Waals surface area (Å²) in [7, 11) is 0. The minimum Gasteiger partial charge on any atom is -0.483 e. The van der Waals surface area contributed by atoms with E-state index in [4.69, 9.17) is 4.74 Å². The number of rotatable bonds is 6. The van der Waals surface area contributed by atoms with Gasteiger partial charge in [0, 0.05) is 37.5 Å². The largest absolute Gasteiger partial charge is 0.483 e. The van der Waals surface area contributed by atoms with E-state index in [-0.39, 0.29) is 5.60 Å². The van der Waals surface area contributed by atoms with Crippen molar-refractivity contribution in [3.8, 4) is 5.75 Å². The summed E-state index contributed by atoms with van der Waals surface area (Å²) in [6.45, 7) is 5.67. The number of benzene rings is 1. The molecule has 1 saturated heterocycles. The molecule has 1 fully saturated rings. The van der Waals surface area contributed by atoms with Crippen LogP contribution in [0.3, 0.4) is 0 Å². The topological polar surface area (TPSA) is 17.4 Å². The molecule has 4 rings (SSSR count). The molecule has 2 aliphatic heterocycles. The highest BCUT2D eigenvalue weighted by Gasteiger charge is 2.52. The molecule has 2 atom stereocenters. The molecule has 0 saturated carbocycles. The minimum atomic E-state index is -0.104. The van der Waals surface area contributed by atoms with Gasteiger partial charge in [-0.25, -0.2) is 0 Å². The molecular weight excluding hydrogens is 296 g/mol. The van der Waals surface area contributed by atoms with Crippen LogP contribution in [-0.2, 0) is 0 Å². The van der Waals surface area contributed by atoms with Crippen LogP contribution in [0.5, 0.6) is 5.75 Å². The number of fused-ring (bicyclic) bond motifs is 1. The molecule has 1 aromatic carbocycles. The monoisotopic (exact) mass is 324 g/mol. The molecular formula is C21H28N2O. The maximum Gasteiger partial charge on any atom is 0.148 e. The molecule has 3 nitrogen and oxygen atoms in total. The van der Waals surface area contributed by atoms with Gasteiger partial charge in [0.25, 0.3) is 0 Å². The molecule has 0 N–H and O–H groups in total. The van der Waals surface area contributed by atoms with Crippen molar-refractivity contribution >= 4 is 0 Å². The molecule has 0 aliphatic carbocycles. The van der Waals surface area contributed by atoms with Gasteiger partial charge in [0.05, 0.1) is 0 Å². The fourth-order valence-corrected chi connectivity index (χ4v) is 4.45. The number of hydrogen-bond acceptors (Lipinski definition) is 2. The summed E-state index contributed by atoms with van der Waals surface area (Å²) in [6.07, 6.45) is 10.8. The van der Waals surface area contributed by atoms with Crippen molar-refractivity contribution in [1.29, 1.82) is 0 Å². The van der Waals surface area contributed by atoms with E-state index < -0.39 is 0 Å². The number of unbranched alkanes of at least 4 members (excludes halogenated alkanes) is 3. The summed E-state index contributed by atoms with van der Waals surface area (Å²) < 4.78 is 8.93. The summed E-state index contributed by atoms with van der Waals surface area (Å²) in [6, 6.07) is 13.1. The van der Waals surface area contributed by atoms with Crippen molar-refractivity contribution < 1.29 is 4.74 Å². The fraction of sp³-hybridized carbons (Fsp3) is 0.524. The second-order valence-electron chi connectivity index (χ2n) is 7.32. The number of ether oxygens (including phenoxy) is 1. The second-order valence-corrected chi connectivity index (χ2v) is 7.32. The SMILES string of the molecule is CCCCCCN1CCC2(C1)Oc1ccccc1C2n1cccc1. The first-order valence-electron chi connectivity index (χ1n) is 9.45. The minimum absolute atomic E-state index is 0.104. The average molecular weight is 324 g/mol. The van der Waals surface area contributed by atoms with Crippen molar-refractivity contribution in [2.24, 2.45) is 0 Å². The Morgan fingerprint density at radius 1 is 1.08 bits per heavy atom. The molecule has 2 unspecified atom stereocenters. The maximum absolute atomic E-state index is 6.59. The quantitative estimate of drug-likeness (QED) is 0.728. The Hall–Kier alpha value is -1.74. The normalized spacial score (nSPS) is 26.0. The smallest absolute Gasteiger partial charge is 0.148 e. The molecule has 0 amide bonds. The Bertz CT molecular complexity index is 666. The van der Waals surface area contributed by atoms with Gasteiger partial charge in [-0.2, -0.15) is 0 Å². The van der Waals surface area contributed by atoms with E-state index in [0.29, 0.717) is 6.04 Å². The Labute approximate surface area is 145 Å². The van der Waals surface area contributed by atoms with Crippen molar-refractivity contribution in [2.75, 3.05) is 19.6 Å². The van der Waals surface area contributed by atoms with Crippen LogP contribution >= 0.6 is 0 Å². The van der Waals surface area contributed by atoms with Gasteiger partial charge in [-0.1, -0.05) is 44.4 Å². The van der Waals surface area contributed by atoms with Crippen LogP contribution in [0.25, 0.3) is 0 Å². The van der Waals surface area contributed by atoms with E-state index in [1.807, 2.05) is 0 Å². The van der Waals surface area contributed by atoms with Gasteiger partial charge in [0.2, 0.25) is 0 Å². The number of para-hydroxylation sites is 1. The van der Waals surface area contributed by atoms with Gasteiger partial charge in [-0.05, 0) is 31.2 Å². The highest BCUT2D eigenvalue weighted by molar-refractivity contribution is 5.44. The van der Waals surface area contributed by atoms with Gasteiger partial charge >= 0.3 is 0 Å². The summed E-state index contributed by atoms with van der Waals surface area (Å²) in [4.78, 5) is 2.61. The van der Waals surface area contributed by atoms with E-state index in [2.05, 4.69) is 65.2 Å². The molecule has 1 aromatic heterocycles. The Morgan fingerprint density at radius 2 is 1.92 bits per heavy atom. The van der Waals surface area contributed by atoms with Crippen molar-refractivity contribution in [2.45, 2.75) is 50.7 Å². The van der Waals surface area contributed by atoms with E-state index in [0.717, 1.165) is 25.3 Å². The first-order chi connectivity index (χ1) is 11.8. The number of aromatic nitrogens is 1. The molecule has 0 bridgehead atoms. The van der Waals surface area contributed by atoms with E-state index in [1.54, 1.807) is 0 Å². The predicted octanol–water partition coefficient (Wildman–Crippen LogP) is 4.49. The van der Waals surface area contributed by atoms with Gasteiger partial charge in [0.1, 0.15) is 17.4 Å². The predicted molar refractivity (Wildman–Crippen MR) is 97.6 cm³/mol. The zero-order chi connectivity index (χ0) is 16.4. The van der Waals surface area contributed by atoms with E-state index in [9.17, 15) is 0 Å². The molecule has 24 heavy (non-hydrogen) atoms. The summed E-state index contributed by atoms with van der Waals surface area (Å²) in [5.41, 5.74) is 1.23. The molecule has 2 aromatic rings. The van der Waals surface area contributed by atoms with Crippen molar-refractivity contribution in [3.63, 3.8) is 0 Å². The van der Waals surface area contributed by atoms with Crippen LogP contribution in [0.15, 0.2) is 48.8 Å². The number of nitrogens with zero attached hydrogens (tertiary/aromatic N) is 2. The van der Waals surface area contributed by atoms with E-state index in [1.165, 1.54) is 37.8 Å². The molecule has 3 heterocycles. The van der Waals surface area contributed by atoms with Gasteiger partial charge in [-0.3, -0.25) is 4.90 Å². The molecule has 2 aliphatic rings. The van der Waals surface area contributed by atoms with Crippen molar-refractivity contribution in [1.82, 2.24) is 9.47 Å². The summed E-state index contributed by atoms with van der Waals surface area (Å²) >= 11 is 0. The van der Waals surface area contributed by atoms with Gasteiger partial charge in [-0.15, -0.1) is 0 Å². The highest BCUT2D eigenvalue weighted by atomic mass is 16.5. The first-order valence-corrected chi connectivity index (χ1v) is 9.45. The zero-order valence-electron chi connectivity index (χ0n) is 14.7. The average Bonchev–Trinajstić information content (AvgIpc) is 3.30. The van der Waals surface area contributed by atoms with Crippen LogP contribution in [0.1, 0.15) is 50.6 Å². The fourth-order valence-electron chi connectivity index (χ4n) is 4.45. The Morgan fingerprint density at radius 3 is 2.75 bits per heavy atom. The van der Waals surface area contributed by atoms with Gasteiger partial charge < -0.3 is 9.30 Å². The zero-order valence-corrected chi connectivity index (χ0v) is 14.7. The lowest BCUT2D eigenvalue weighted by atomic mass is 9.90. The molecule has 1 spiro atoms. The summed E-state index contributed by atoms with van der Waals surface area (Å²) in [5.74, 6) is 1.07. The van der Waals surface area contributed by atoms with Crippen molar-refractivity contribution in [3.05, 3.63) is 54.4 Å². The Kier molecular flexibility index (Phi) is 4.36. The lowest BCUT2D eigenvalue weighted by molar-refractivity contribution is 0.0663. The summed E-state index contributed by atoms with van der Waals surface area (Å²) in [5, 5.41) is 0. The van der Waals surface area contributed by atoms with Crippen LogP contribution in [0, 0.1) is 0 Å². The third-order valence-corrected chi connectivity index (χ3v) is 5.62. The molecule has 0 radical (unpaired) electrons. The number of hydrogen-bond donors (Lipinski definition) is 0. The van der Waals surface area contributed by atoms with E-state index >= 15 is 0 Å². The Balaban J connectivity index is 1.54. The third-order valence-electron chi connectivity index (χ3n) is 5.62. The maximum atomic E-state index is 6.59. The first kappa shape index (κ1) is 15.8. The van der Waals surface area contributed by atoms with Crippen LogP contribution in [-0.4, -0.2) is 34.7 Å². The molecule has 3 heteroatoms. The van der Waals surface area contributed by atoms with Gasteiger partial charge in [0.15, 0.2) is 0 Å². The van der Waals surface area contributed by atoms with Crippen LogP contribution in [0.2, 0.25) is 0 Å². The second kappa shape index (κ2) is 6.64.